The summed E-state index contributed by atoms with van der Waals surface area (Å²) < 4.78 is 14.2. The van der Waals surface area contributed by atoms with E-state index in [0.717, 1.165) is 43.6 Å². The van der Waals surface area contributed by atoms with Crippen molar-refractivity contribution in [2.75, 3.05) is 26.2 Å². The van der Waals surface area contributed by atoms with Crippen LogP contribution in [0, 0.1) is 5.82 Å². The molecular formula is C29H33FN2O. The number of hydrogen-bond donors (Lipinski definition) is 0. The fraction of sp³-hybridized carbons (Fsp3) is 0.345. The molecule has 0 atom stereocenters. The zero-order valence-electron chi connectivity index (χ0n) is 19.6. The number of likely N-dealkylation sites (tertiary alicyclic amines) is 1. The Morgan fingerprint density at radius 1 is 0.879 bits per heavy atom. The van der Waals surface area contributed by atoms with Gasteiger partial charge in [0, 0.05) is 30.6 Å². The van der Waals surface area contributed by atoms with Crippen molar-refractivity contribution in [3.63, 3.8) is 0 Å². The van der Waals surface area contributed by atoms with E-state index in [0.29, 0.717) is 18.7 Å². The van der Waals surface area contributed by atoms with E-state index in [1.807, 2.05) is 43.0 Å². The summed E-state index contributed by atoms with van der Waals surface area (Å²) in [5.41, 5.74) is 3.94. The Balaban J connectivity index is 1.61. The first-order chi connectivity index (χ1) is 16.1. The van der Waals surface area contributed by atoms with Gasteiger partial charge in [-0.05, 0) is 80.7 Å². The van der Waals surface area contributed by atoms with Gasteiger partial charge in [-0.25, -0.2) is 4.39 Å². The fourth-order valence-corrected chi connectivity index (χ4v) is 5.09. The maximum atomic E-state index is 14.2. The van der Waals surface area contributed by atoms with Gasteiger partial charge in [-0.2, -0.15) is 0 Å². The van der Waals surface area contributed by atoms with Crippen molar-refractivity contribution in [1.29, 1.82) is 0 Å². The van der Waals surface area contributed by atoms with Crippen molar-refractivity contribution < 1.29 is 9.18 Å². The molecule has 1 aliphatic rings. The molecule has 3 nitrogen and oxygen atoms in total. The molecule has 0 aromatic heterocycles. The number of hydrogen-bond acceptors (Lipinski definition) is 2. The second-order valence-electron chi connectivity index (χ2n) is 8.91. The molecule has 0 unspecified atom stereocenters. The molecule has 1 aliphatic heterocycles. The number of benzene rings is 3. The Bertz CT molecular complexity index is 1050. The quantitative estimate of drug-likeness (QED) is 0.454. The van der Waals surface area contributed by atoms with Gasteiger partial charge in [0.15, 0.2) is 0 Å². The van der Waals surface area contributed by atoms with E-state index in [-0.39, 0.29) is 17.1 Å². The minimum atomic E-state index is -0.258. The highest BCUT2D eigenvalue weighted by Crippen LogP contribution is 2.42. The molecule has 4 rings (SSSR count). The first kappa shape index (κ1) is 23.2. The van der Waals surface area contributed by atoms with Gasteiger partial charge in [-0.3, -0.25) is 9.69 Å². The van der Waals surface area contributed by atoms with Crippen LogP contribution in [0.1, 0.15) is 53.7 Å². The number of rotatable bonds is 7. The lowest BCUT2D eigenvalue weighted by Gasteiger charge is -2.43. The molecule has 172 valence electrons. The summed E-state index contributed by atoms with van der Waals surface area (Å²) in [6, 6.07) is 25.6. The lowest BCUT2D eigenvalue weighted by Crippen LogP contribution is -2.43. The highest BCUT2D eigenvalue weighted by Gasteiger charge is 2.38. The second kappa shape index (κ2) is 10.3. The van der Waals surface area contributed by atoms with Crippen LogP contribution in [0.25, 0.3) is 0 Å². The summed E-state index contributed by atoms with van der Waals surface area (Å²) in [7, 11) is 0. The van der Waals surface area contributed by atoms with Crippen LogP contribution in [0.5, 0.6) is 0 Å². The molecule has 0 bridgehead atoms. The molecule has 1 saturated heterocycles. The van der Waals surface area contributed by atoms with Crippen LogP contribution < -0.4 is 0 Å². The Labute approximate surface area is 196 Å². The van der Waals surface area contributed by atoms with Gasteiger partial charge in [-0.15, -0.1) is 0 Å². The first-order valence-electron chi connectivity index (χ1n) is 12.0. The standard InChI is InChI=1S/C29H33FN2O/c1-3-32(4-2)28(33)24-13-15-25(16-14-24)29(26-11-8-12-27(30)21-26)17-19-31(20-18-29)22-23-9-6-5-7-10-23/h5-16,21H,3-4,17-20,22H2,1-2H3. The molecule has 3 aromatic rings. The van der Waals surface area contributed by atoms with Crippen molar-refractivity contribution in [2.24, 2.45) is 0 Å². The third kappa shape index (κ3) is 5.01. The normalized spacial score (nSPS) is 15.8. The SMILES string of the molecule is CCN(CC)C(=O)c1ccc(C2(c3cccc(F)c3)CCN(Cc3ccccc3)CC2)cc1. The van der Waals surface area contributed by atoms with Crippen molar-refractivity contribution in [1.82, 2.24) is 9.80 Å². The number of carbonyl (C=O) groups is 1. The van der Waals surface area contributed by atoms with Gasteiger partial charge < -0.3 is 4.90 Å². The van der Waals surface area contributed by atoms with E-state index < -0.39 is 0 Å². The van der Waals surface area contributed by atoms with Crippen molar-refractivity contribution in [2.45, 2.75) is 38.6 Å². The maximum Gasteiger partial charge on any atom is 0.253 e. The lowest BCUT2D eigenvalue weighted by atomic mass is 9.68. The Morgan fingerprint density at radius 2 is 1.55 bits per heavy atom. The van der Waals surface area contributed by atoms with E-state index in [1.54, 1.807) is 12.1 Å². The van der Waals surface area contributed by atoms with Gasteiger partial charge in [0.25, 0.3) is 5.91 Å². The molecule has 0 radical (unpaired) electrons. The number of carbonyl (C=O) groups excluding carboxylic acids is 1. The Kier molecular flexibility index (Phi) is 7.24. The Morgan fingerprint density at radius 3 is 2.15 bits per heavy atom. The molecular weight excluding hydrogens is 411 g/mol. The number of nitrogens with zero attached hydrogens (tertiary/aromatic N) is 2. The van der Waals surface area contributed by atoms with Crippen LogP contribution in [-0.2, 0) is 12.0 Å². The van der Waals surface area contributed by atoms with Gasteiger partial charge in [0.1, 0.15) is 5.82 Å². The number of amides is 1. The van der Waals surface area contributed by atoms with E-state index >= 15 is 0 Å². The largest absolute Gasteiger partial charge is 0.339 e. The summed E-state index contributed by atoms with van der Waals surface area (Å²) in [5.74, 6) is -0.143. The van der Waals surface area contributed by atoms with Crippen LogP contribution in [0.15, 0.2) is 78.9 Å². The molecule has 1 amide bonds. The average Bonchev–Trinajstić information content (AvgIpc) is 2.86. The molecule has 0 saturated carbocycles. The monoisotopic (exact) mass is 444 g/mol. The van der Waals surface area contributed by atoms with Crippen molar-refractivity contribution in [3.8, 4) is 0 Å². The average molecular weight is 445 g/mol. The fourth-order valence-electron chi connectivity index (χ4n) is 5.09. The van der Waals surface area contributed by atoms with Crippen molar-refractivity contribution >= 4 is 5.91 Å². The van der Waals surface area contributed by atoms with Gasteiger partial charge in [0.2, 0.25) is 0 Å². The molecule has 4 heteroatoms. The minimum absolute atomic E-state index is 0.0593. The highest BCUT2D eigenvalue weighted by molar-refractivity contribution is 5.94. The highest BCUT2D eigenvalue weighted by atomic mass is 19.1. The van der Waals surface area contributed by atoms with Gasteiger partial charge >= 0.3 is 0 Å². The molecule has 33 heavy (non-hydrogen) atoms. The predicted molar refractivity (Wildman–Crippen MR) is 132 cm³/mol. The molecule has 0 spiro atoms. The zero-order valence-corrected chi connectivity index (χ0v) is 19.6. The summed E-state index contributed by atoms with van der Waals surface area (Å²) >= 11 is 0. The summed E-state index contributed by atoms with van der Waals surface area (Å²) in [6.45, 7) is 8.19. The van der Waals surface area contributed by atoms with E-state index in [9.17, 15) is 9.18 Å². The van der Waals surface area contributed by atoms with Crippen LogP contribution in [0.3, 0.4) is 0 Å². The van der Waals surface area contributed by atoms with Crippen LogP contribution >= 0.6 is 0 Å². The Hall–Kier alpha value is -2.98. The minimum Gasteiger partial charge on any atom is -0.339 e. The van der Waals surface area contributed by atoms with Gasteiger partial charge in [0.05, 0.1) is 0 Å². The summed E-state index contributed by atoms with van der Waals surface area (Å²) in [5, 5.41) is 0. The molecule has 0 N–H and O–H groups in total. The smallest absolute Gasteiger partial charge is 0.253 e. The third-order valence-corrected chi connectivity index (χ3v) is 7.07. The van der Waals surface area contributed by atoms with Crippen LogP contribution in [0.4, 0.5) is 4.39 Å². The summed E-state index contributed by atoms with van der Waals surface area (Å²) in [4.78, 5) is 17.1. The van der Waals surface area contributed by atoms with E-state index in [4.69, 9.17) is 0 Å². The van der Waals surface area contributed by atoms with E-state index in [2.05, 4.69) is 41.3 Å². The van der Waals surface area contributed by atoms with Gasteiger partial charge in [-0.1, -0.05) is 54.6 Å². The summed E-state index contributed by atoms with van der Waals surface area (Å²) in [6.07, 6.45) is 1.82. The topological polar surface area (TPSA) is 23.6 Å². The maximum absolute atomic E-state index is 14.2. The van der Waals surface area contributed by atoms with Crippen molar-refractivity contribution in [3.05, 3.63) is 107 Å². The van der Waals surface area contributed by atoms with Crippen LogP contribution in [0.2, 0.25) is 0 Å². The second-order valence-corrected chi connectivity index (χ2v) is 8.91. The molecule has 1 heterocycles. The van der Waals surface area contributed by atoms with Crippen LogP contribution in [-0.4, -0.2) is 41.9 Å². The predicted octanol–water partition coefficient (Wildman–Crippen LogP) is 5.89. The molecule has 0 aliphatic carbocycles. The molecule has 1 fully saturated rings. The zero-order chi connectivity index (χ0) is 23.3. The third-order valence-electron chi connectivity index (χ3n) is 7.07. The van der Waals surface area contributed by atoms with E-state index in [1.165, 1.54) is 11.6 Å². The number of halogens is 1. The molecule has 3 aromatic carbocycles. The first-order valence-corrected chi connectivity index (χ1v) is 12.0. The lowest BCUT2D eigenvalue weighted by molar-refractivity contribution is 0.0773. The number of piperidine rings is 1.